The summed E-state index contributed by atoms with van der Waals surface area (Å²) in [6.45, 7) is 13.4. The Labute approximate surface area is 243 Å². The van der Waals surface area contributed by atoms with Gasteiger partial charge >= 0.3 is 0 Å². The highest BCUT2D eigenvalue weighted by atomic mass is 28.4. The Morgan fingerprint density at radius 2 is 1.93 bits per heavy atom. The average molecular weight is 566 g/mol. The molecule has 0 radical (unpaired) electrons. The van der Waals surface area contributed by atoms with Gasteiger partial charge in [0.25, 0.3) is 0 Å². The van der Waals surface area contributed by atoms with Crippen LogP contribution in [-0.2, 0) is 12.5 Å². The number of aryl methyl sites for hydroxylation is 2. The predicted molar refractivity (Wildman–Crippen MR) is 168 cm³/mol. The van der Waals surface area contributed by atoms with E-state index in [1.807, 2.05) is 43.0 Å². The fraction of sp³-hybridized carbons (Fsp3) is 0.375. The molecule has 0 fully saturated rings. The predicted octanol–water partition coefficient (Wildman–Crippen LogP) is 6.91. The zero-order valence-electron chi connectivity index (χ0n) is 25.0. The van der Waals surface area contributed by atoms with E-state index in [1.54, 1.807) is 12.4 Å². The number of hydrogen-bond acceptors (Lipinski definition) is 7. The minimum atomic E-state index is -2.33. The SMILES string of the molecule is Cc1ccc(-c2ccnn2C)cc1Nc1nccc(-c2cc(C#N)c3c(c2)[C@@](C)(CCC(C)(C)[Si](C)(C)O)CN3)n1. The van der Waals surface area contributed by atoms with Crippen molar-refractivity contribution >= 4 is 25.6 Å². The third kappa shape index (κ3) is 5.50. The monoisotopic (exact) mass is 565 g/mol. The van der Waals surface area contributed by atoms with Gasteiger partial charge in [-0.1, -0.05) is 32.9 Å². The van der Waals surface area contributed by atoms with Crippen molar-refractivity contribution in [3.8, 4) is 28.6 Å². The van der Waals surface area contributed by atoms with E-state index < -0.39 is 8.32 Å². The van der Waals surface area contributed by atoms with Crippen LogP contribution in [0.15, 0.2) is 54.9 Å². The van der Waals surface area contributed by atoms with Crippen LogP contribution in [0.25, 0.3) is 22.5 Å². The molecule has 0 saturated heterocycles. The van der Waals surface area contributed by atoms with Crippen LogP contribution in [0.4, 0.5) is 17.3 Å². The number of aromatic nitrogens is 4. The van der Waals surface area contributed by atoms with Crippen LogP contribution < -0.4 is 10.6 Å². The highest BCUT2D eigenvalue weighted by molar-refractivity contribution is 6.72. The molecule has 2 aromatic carbocycles. The van der Waals surface area contributed by atoms with E-state index in [9.17, 15) is 10.1 Å². The third-order valence-electron chi connectivity index (χ3n) is 9.07. The topological polar surface area (TPSA) is 112 Å². The smallest absolute Gasteiger partial charge is 0.227 e. The second-order valence-electron chi connectivity index (χ2n) is 12.7. The third-order valence-corrected chi connectivity index (χ3v) is 12.6. The van der Waals surface area contributed by atoms with Crippen LogP contribution >= 0.6 is 0 Å². The highest BCUT2D eigenvalue weighted by Crippen LogP contribution is 2.48. The molecule has 0 spiro atoms. The van der Waals surface area contributed by atoms with Crippen molar-refractivity contribution < 1.29 is 4.80 Å². The van der Waals surface area contributed by atoms with Crippen molar-refractivity contribution in [2.45, 2.75) is 64.1 Å². The van der Waals surface area contributed by atoms with Gasteiger partial charge in [0.05, 0.1) is 22.6 Å². The first-order valence-electron chi connectivity index (χ1n) is 14.1. The van der Waals surface area contributed by atoms with Gasteiger partial charge in [-0.05, 0) is 79.4 Å². The van der Waals surface area contributed by atoms with Crippen molar-refractivity contribution in [2.75, 3.05) is 17.2 Å². The van der Waals surface area contributed by atoms with Crippen molar-refractivity contribution in [1.82, 2.24) is 19.7 Å². The van der Waals surface area contributed by atoms with E-state index >= 15 is 0 Å². The molecule has 1 aliphatic rings. The van der Waals surface area contributed by atoms with Crippen LogP contribution in [0, 0.1) is 18.3 Å². The Morgan fingerprint density at radius 1 is 1.15 bits per heavy atom. The summed E-state index contributed by atoms with van der Waals surface area (Å²) in [4.78, 5) is 20.2. The zero-order chi connectivity index (χ0) is 29.6. The van der Waals surface area contributed by atoms with E-state index in [2.05, 4.69) is 78.7 Å². The van der Waals surface area contributed by atoms with Crippen molar-refractivity contribution in [1.29, 1.82) is 5.26 Å². The summed E-state index contributed by atoms with van der Waals surface area (Å²) in [5.41, 5.74) is 8.20. The summed E-state index contributed by atoms with van der Waals surface area (Å²) in [6.07, 6.45) is 5.36. The molecular weight excluding hydrogens is 526 g/mol. The Bertz CT molecular complexity index is 1650. The molecule has 0 saturated carbocycles. The Morgan fingerprint density at radius 3 is 2.61 bits per heavy atom. The normalized spacial score (nSPS) is 16.7. The maximum absolute atomic E-state index is 10.9. The lowest BCUT2D eigenvalue weighted by molar-refractivity contribution is 0.384. The van der Waals surface area contributed by atoms with Crippen LogP contribution in [-0.4, -0.2) is 39.4 Å². The van der Waals surface area contributed by atoms with Gasteiger partial charge in [-0.15, -0.1) is 0 Å². The number of hydrogen-bond donors (Lipinski definition) is 3. The standard InChI is InChI=1S/C32H39N7OSi/c1-21-8-9-22(28-11-15-36-39(28)5)18-27(21)38-30-34-14-10-26(37-30)23-16-24(19-33)29-25(17-23)32(4,20-35-29)13-12-31(2,3)41(6,7)40/h8-11,14-18,35,40H,12-13,20H2,1-7H3,(H,34,37,38)/t32-/m0/s1. The molecule has 0 bridgehead atoms. The molecule has 8 nitrogen and oxygen atoms in total. The largest absolute Gasteiger partial charge is 0.432 e. The van der Waals surface area contributed by atoms with Crippen LogP contribution in [0.2, 0.25) is 18.1 Å². The first kappa shape index (κ1) is 28.5. The molecule has 2 aromatic heterocycles. The number of nitriles is 1. The van der Waals surface area contributed by atoms with Gasteiger partial charge in [-0.25, -0.2) is 9.97 Å². The Kier molecular flexibility index (Phi) is 7.26. The minimum Gasteiger partial charge on any atom is -0.432 e. The number of anilines is 3. The number of rotatable bonds is 8. The number of benzene rings is 2. The van der Waals surface area contributed by atoms with Gasteiger partial charge < -0.3 is 15.4 Å². The molecule has 0 unspecified atom stereocenters. The van der Waals surface area contributed by atoms with E-state index in [1.165, 1.54) is 0 Å². The molecule has 5 rings (SSSR count). The lowest BCUT2D eigenvalue weighted by Crippen LogP contribution is -2.40. The molecule has 1 aliphatic heterocycles. The fourth-order valence-electron chi connectivity index (χ4n) is 5.31. The number of fused-ring (bicyclic) bond motifs is 1. The summed E-state index contributed by atoms with van der Waals surface area (Å²) < 4.78 is 1.85. The molecule has 4 aromatic rings. The molecule has 3 heterocycles. The van der Waals surface area contributed by atoms with E-state index in [-0.39, 0.29) is 10.5 Å². The molecule has 9 heteroatoms. The molecule has 212 valence electrons. The first-order valence-corrected chi connectivity index (χ1v) is 17.0. The van der Waals surface area contributed by atoms with Crippen LogP contribution in [0.3, 0.4) is 0 Å². The van der Waals surface area contributed by atoms with Crippen molar-refractivity contribution in [2.24, 2.45) is 7.05 Å². The van der Waals surface area contributed by atoms with Crippen molar-refractivity contribution in [3.63, 3.8) is 0 Å². The van der Waals surface area contributed by atoms with Gasteiger partial charge in [0, 0.05) is 48.2 Å². The fourth-order valence-corrected chi connectivity index (χ4v) is 6.05. The summed E-state index contributed by atoms with van der Waals surface area (Å²) in [5, 5.41) is 21.1. The van der Waals surface area contributed by atoms with Gasteiger partial charge in [-0.2, -0.15) is 10.4 Å². The molecule has 0 amide bonds. The average Bonchev–Trinajstić information content (AvgIpc) is 3.51. The molecule has 0 aliphatic carbocycles. The van der Waals surface area contributed by atoms with Crippen molar-refractivity contribution in [3.05, 3.63) is 71.5 Å². The minimum absolute atomic E-state index is 0.117. The molecule has 1 atom stereocenters. The maximum atomic E-state index is 10.9. The summed E-state index contributed by atoms with van der Waals surface area (Å²) >= 11 is 0. The first-order chi connectivity index (χ1) is 19.3. The zero-order valence-corrected chi connectivity index (χ0v) is 26.0. The molecule has 3 N–H and O–H groups in total. The number of nitrogens with zero attached hydrogens (tertiary/aromatic N) is 5. The molecule has 41 heavy (non-hydrogen) atoms. The number of nitrogens with one attached hydrogen (secondary N) is 2. The van der Waals surface area contributed by atoms with Gasteiger partial charge in [-0.3, -0.25) is 4.68 Å². The van der Waals surface area contributed by atoms with Crippen LogP contribution in [0.1, 0.15) is 50.3 Å². The second-order valence-corrected chi connectivity index (χ2v) is 17.1. The maximum Gasteiger partial charge on any atom is 0.227 e. The van der Waals surface area contributed by atoms with Gasteiger partial charge in [0.15, 0.2) is 8.32 Å². The van der Waals surface area contributed by atoms with E-state index in [0.29, 0.717) is 11.5 Å². The lowest BCUT2D eigenvalue weighted by atomic mass is 9.77. The summed E-state index contributed by atoms with van der Waals surface area (Å²) in [7, 11) is -0.400. The van der Waals surface area contributed by atoms with Gasteiger partial charge in [0.2, 0.25) is 5.95 Å². The quantitative estimate of drug-likeness (QED) is 0.199. The summed E-state index contributed by atoms with van der Waals surface area (Å²) in [6, 6.07) is 16.6. The molecular formula is C32H39N7OSi. The second kappa shape index (κ2) is 10.4. The van der Waals surface area contributed by atoms with Crippen LogP contribution in [0.5, 0.6) is 0 Å². The Hall–Kier alpha value is -4.00. The lowest BCUT2D eigenvalue weighted by Gasteiger charge is -2.38. The Balaban J connectivity index is 1.46. The van der Waals surface area contributed by atoms with Gasteiger partial charge in [0.1, 0.15) is 6.07 Å². The van der Waals surface area contributed by atoms with E-state index in [4.69, 9.17) is 4.98 Å². The van der Waals surface area contributed by atoms with E-state index in [0.717, 1.165) is 64.4 Å². The highest BCUT2D eigenvalue weighted by Gasteiger charge is 2.42. The summed E-state index contributed by atoms with van der Waals surface area (Å²) in [5.74, 6) is 0.490.